The second kappa shape index (κ2) is 5.05. The number of nitrogens with one attached hydrogen (secondary N) is 1. The summed E-state index contributed by atoms with van der Waals surface area (Å²) < 4.78 is 1.71. The van der Waals surface area contributed by atoms with Crippen LogP contribution in [0.3, 0.4) is 0 Å². The van der Waals surface area contributed by atoms with Crippen LogP contribution in [0.5, 0.6) is 0 Å². The van der Waals surface area contributed by atoms with Gasteiger partial charge in [-0.2, -0.15) is 5.26 Å². The molecule has 90 valence electrons. The van der Waals surface area contributed by atoms with Crippen molar-refractivity contribution >= 4 is 5.91 Å². The van der Waals surface area contributed by atoms with Gasteiger partial charge in [-0.3, -0.25) is 4.79 Å². The minimum absolute atomic E-state index is 0.00426. The lowest BCUT2D eigenvalue weighted by Crippen LogP contribution is -2.37. The van der Waals surface area contributed by atoms with Gasteiger partial charge < -0.3 is 9.88 Å². The molecular weight excluding hydrogens is 214 g/mol. The van der Waals surface area contributed by atoms with E-state index in [9.17, 15) is 4.79 Å². The molecule has 1 heterocycles. The zero-order valence-corrected chi connectivity index (χ0v) is 10.0. The molecule has 1 unspecified atom stereocenters. The highest BCUT2D eigenvalue weighted by Gasteiger charge is 2.22. The molecule has 0 bridgehead atoms. The van der Waals surface area contributed by atoms with Crippen LogP contribution in [0.25, 0.3) is 0 Å². The Balaban J connectivity index is 2.02. The van der Waals surface area contributed by atoms with Crippen molar-refractivity contribution in [1.82, 2.24) is 9.88 Å². The number of rotatable bonds is 3. The average Bonchev–Trinajstić information content (AvgIpc) is 2.97. The van der Waals surface area contributed by atoms with Crippen molar-refractivity contribution in [2.45, 2.75) is 44.7 Å². The number of nitrogens with zero attached hydrogens (tertiary/aromatic N) is 2. The molecule has 2 rings (SSSR count). The lowest BCUT2D eigenvalue weighted by molar-refractivity contribution is -0.124. The van der Waals surface area contributed by atoms with Gasteiger partial charge in [-0.25, -0.2) is 0 Å². The third kappa shape index (κ3) is 2.50. The Morgan fingerprint density at radius 2 is 2.29 bits per heavy atom. The van der Waals surface area contributed by atoms with Gasteiger partial charge in [-0.1, -0.05) is 12.8 Å². The van der Waals surface area contributed by atoms with E-state index in [1.165, 1.54) is 12.8 Å². The first-order chi connectivity index (χ1) is 8.22. The molecule has 0 spiro atoms. The van der Waals surface area contributed by atoms with Crippen LogP contribution in [0.4, 0.5) is 0 Å². The summed E-state index contributed by atoms with van der Waals surface area (Å²) in [6.45, 7) is 1.82. The molecule has 1 aromatic rings. The largest absolute Gasteiger partial charge is 0.352 e. The molecule has 0 saturated heterocycles. The minimum Gasteiger partial charge on any atom is -0.352 e. The predicted octanol–water partition coefficient (Wildman–Crippen LogP) is 1.98. The third-order valence-electron chi connectivity index (χ3n) is 3.39. The molecule has 1 aromatic heterocycles. The quantitative estimate of drug-likeness (QED) is 0.864. The fraction of sp³-hybridized carbons (Fsp3) is 0.538. The fourth-order valence-electron chi connectivity index (χ4n) is 2.34. The molecule has 1 N–H and O–H groups in total. The molecule has 1 amide bonds. The lowest BCUT2D eigenvalue weighted by atomic mass is 10.2. The van der Waals surface area contributed by atoms with Crippen LogP contribution < -0.4 is 5.32 Å². The zero-order valence-electron chi connectivity index (χ0n) is 10.0. The number of aromatic nitrogens is 1. The van der Waals surface area contributed by atoms with E-state index in [-0.39, 0.29) is 11.9 Å². The summed E-state index contributed by atoms with van der Waals surface area (Å²) in [5.74, 6) is 0.00426. The maximum atomic E-state index is 12.0. The van der Waals surface area contributed by atoms with Gasteiger partial charge in [0.1, 0.15) is 17.8 Å². The lowest BCUT2D eigenvalue weighted by Gasteiger charge is -2.18. The van der Waals surface area contributed by atoms with Gasteiger partial charge in [0, 0.05) is 12.2 Å². The van der Waals surface area contributed by atoms with E-state index < -0.39 is 0 Å². The van der Waals surface area contributed by atoms with E-state index in [0.29, 0.717) is 11.7 Å². The molecule has 1 aliphatic rings. The van der Waals surface area contributed by atoms with Gasteiger partial charge in [-0.15, -0.1) is 0 Å². The van der Waals surface area contributed by atoms with Crippen LogP contribution in [0, 0.1) is 11.3 Å². The maximum Gasteiger partial charge on any atom is 0.243 e. The zero-order chi connectivity index (χ0) is 12.3. The van der Waals surface area contributed by atoms with Gasteiger partial charge in [0.25, 0.3) is 0 Å². The topological polar surface area (TPSA) is 57.8 Å². The number of hydrogen-bond donors (Lipinski definition) is 1. The number of hydrogen-bond acceptors (Lipinski definition) is 2. The van der Waals surface area contributed by atoms with Crippen molar-refractivity contribution in [2.75, 3.05) is 0 Å². The third-order valence-corrected chi connectivity index (χ3v) is 3.39. The van der Waals surface area contributed by atoms with Crippen molar-refractivity contribution in [3.63, 3.8) is 0 Å². The van der Waals surface area contributed by atoms with Gasteiger partial charge in [0.15, 0.2) is 0 Å². The highest BCUT2D eigenvalue weighted by atomic mass is 16.2. The monoisotopic (exact) mass is 231 g/mol. The average molecular weight is 231 g/mol. The molecule has 0 aliphatic heterocycles. The van der Waals surface area contributed by atoms with Crippen molar-refractivity contribution in [3.05, 3.63) is 24.0 Å². The first-order valence-electron chi connectivity index (χ1n) is 6.09. The van der Waals surface area contributed by atoms with Crippen LogP contribution in [0.2, 0.25) is 0 Å². The molecular formula is C13H17N3O. The van der Waals surface area contributed by atoms with Crippen molar-refractivity contribution in [1.29, 1.82) is 5.26 Å². The maximum absolute atomic E-state index is 12.0. The van der Waals surface area contributed by atoms with Gasteiger partial charge in [0.05, 0.1) is 0 Å². The van der Waals surface area contributed by atoms with E-state index in [1.807, 2.05) is 6.92 Å². The second-order valence-corrected chi connectivity index (χ2v) is 4.58. The normalized spacial score (nSPS) is 17.6. The highest BCUT2D eigenvalue weighted by molar-refractivity contribution is 5.80. The fourth-order valence-corrected chi connectivity index (χ4v) is 2.34. The Bertz CT molecular complexity index is 438. The number of amides is 1. The molecule has 1 atom stereocenters. The number of carbonyl (C=O) groups excluding carboxylic acids is 1. The van der Waals surface area contributed by atoms with Crippen LogP contribution in [-0.4, -0.2) is 16.5 Å². The van der Waals surface area contributed by atoms with E-state index in [0.717, 1.165) is 12.8 Å². The summed E-state index contributed by atoms with van der Waals surface area (Å²) in [5.41, 5.74) is 0.527. The van der Waals surface area contributed by atoms with Gasteiger partial charge >= 0.3 is 0 Å². The molecule has 0 radical (unpaired) electrons. The molecule has 1 aliphatic carbocycles. The van der Waals surface area contributed by atoms with E-state index in [1.54, 1.807) is 22.9 Å². The van der Waals surface area contributed by atoms with E-state index in [2.05, 4.69) is 11.4 Å². The van der Waals surface area contributed by atoms with E-state index in [4.69, 9.17) is 5.26 Å². The Morgan fingerprint density at radius 3 is 2.94 bits per heavy atom. The summed E-state index contributed by atoms with van der Waals surface area (Å²) in [5, 5.41) is 12.0. The molecule has 1 fully saturated rings. The summed E-state index contributed by atoms with van der Waals surface area (Å²) in [4.78, 5) is 12.0. The molecule has 4 heteroatoms. The van der Waals surface area contributed by atoms with E-state index >= 15 is 0 Å². The van der Waals surface area contributed by atoms with Crippen LogP contribution >= 0.6 is 0 Å². The summed E-state index contributed by atoms with van der Waals surface area (Å²) in [7, 11) is 0. The molecule has 1 saturated carbocycles. The van der Waals surface area contributed by atoms with Crippen molar-refractivity contribution in [2.24, 2.45) is 0 Å². The minimum atomic E-state index is -0.319. The first kappa shape index (κ1) is 11.7. The predicted molar refractivity (Wildman–Crippen MR) is 64.3 cm³/mol. The van der Waals surface area contributed by atoms with Crippen LogP contribution in [0.15, 0.2) is 18.3 Å². The standard InChI is InChI=1S/C13H17N3O/c1-10(16-8-4-7-12(16)9-14)13(17)15-11-5-2-3-6-11/h4,7-8,10-11H,2-3,5-6H2,1H3,(H,15,17). The second-order valence-electron chi connectivity index (χ2n) is 4.58. The SMILES string of the molecule is CC(C(=O)NC1CCCC1)n1cccc1C#N. The Hall–Kier alpha value is -1.76. The molecule has 17 heavy (non-hydrogen) atoms. The summed E-state index contributed by atoms with van der Waals surface area (Å²) in [6.07, 6.45) is 6.33. The number of nitriles is 1. The van der Waals surface area contributed by atoms with Crippen molar-refractivity contribution < 1.29 is 4.79 Å². The summed E-state index contributed by atoms with van der Waals surface area (Å²) >= 11 is 0. The Morgan fingerprint density at radius 1 is 1.59 bits per heavy atom. The Labute approximate surface area is 101 Å². The number of carbonyl (C=O) groups is 1. The summed E-state index contributed by atoms with van der Waals surface area (Å²) in [6, 6.07) is 5.60. The van der Waals surface area contributed by atoms with Crippen molar-refractivity contribution in [3.8, 4) is 6.07 Å². The van der Waals surface area contributed by atoms with Crippen LogP contribution in [-0.2, 0) is 4.79 Å². The molecule has 0 aromatic carbocycles. The first-order valence-corrected chi connectivity index (χ1v) is 6.09. The van der Waals surface area contributed by atoms with Crippen LogP contribution in [0.1, 0.15) is 44.3 Å². The van der Waals surface area contributed by atoms with Gasteiger partial charge in [-0.05, 0) is 31.9 Å². The highest BCUT2D eigenvalue weighted by Crippen LogP contribution is 2.19. The molecule has 4 nitrogen and oxygen atoms in total. The smallest absolute Gasteiger partial charge is 0.243 e. The van der Waals surface area contributed by atoms with Gasteiger partial charge in [0.2, 0.25) is 5.91 Å². The Kier molecular flexibility index (Phi) is 3.48.